The minimum Gasteiger partial charge on any atom is -0.488 e. The first kappa shape index (κ1) is 13.1. The number of hydrogen-bond acceptors (Lipinski definition) is 2. The highest BCUT2D eigenvalue weighted by molar-refractivity contribution is 6.32. The second-order valence-corrected chi connectivity index (χ2v) is 4.37. The molecule has 16 heavy (non-hydrogen) atoms. The van der Waals surface area contributed by atoms with E-state index in [1.807, 2.05) is 26.0 Å². The molecule has 0 spiro atoms. The van der Waals surface area contributed by atoms with E-state index in [2.05, 4.69) is 0 Å². The summed E-state index contributed by atoms with van der Waals surface area (Å²) in [7, 11) is 0. The van der Waals surface area contributed by atoms with Gasteiger partial charge in [-0.2, -0.15) is 0 Å². The predicted octanol–water partition coefficient (Wildman–Crippen LogP) is 3.74. The predicted molar refractivity (Wildman–Crippen MR) is 67.0 cm³/mol. The largest absolute Gasteiger partial charge is 0.488 e. The van der Waals surface area contributed by atoms with Crippen LogP contribution in [0.25, 0.3) is 0 Å². The molecule has 1 atom stereocenters. The van der Waals surface area contributed by atoms with Crippen LogP contribution >= 0.6 is 11.6 Å². The lowest BCUT2D eigenvalue weighted by Gasteiger charge is -2.09. The molecule has 0 saturated carbocycles. The Morgan fingerprint density at radius 3 is 2.69 bits per heavy atom. The Morgan fingerprint density at radius 1 is 1.50 bits per heavy atom. The molecular weight excluding hydrogens is 224 g/mol. The molecule has 1 aromatic rings. The molecule has 1 N–H and O–H groups in total. The van der Waals surface area contributed by atoms with Crippen LogP contribution in [-0.4, -0.2) is 11.7 Å². The van der Waals surface area contributed by atoms with Crippen molar-refractivity contribution in [3.8, 4) is 5.75 Å². The van der Waals surface area contributed by atoms with E-state index in [9.17, 15) is 5.11 Å². The van der Waals surface area contributed by atoms with Crippen LogP contribution in [0.4, 0.5) is 0 Å². The maximum atomic E-state index is 9.38. The van der Waals surface area contributed by atoms with E-state index in [1.165, 1.54) is 5.57 Å². The fourth-order valence-electron chi connectivity index (χ4n) is 1.19. The van der Waals surface area contributed by atoms with Crippen molar-refractivity contribution in [2.75, 3.05) is 6.61 Å². The third kappa shape index (κ3) is 3.87. The zero-order valence-electron chi connectivity index (χ0n) is 9.83. The van der Waals surface area contributed by atoms with Crippen LogP contribution in [0.5, 0.6) is 5.75 Å². The summed E-state index contributed by atoms with van der Waals surface area (Å²) >= 11 is 6.03. The number of hydrogen-bond donors (Lipinski definition) is 1. The molecular formula is C13H17ClO2. The lowest BCUT2D eigenvalue weighted by atomic mass is 10.1. The van der Waals surface area contributed by atoms with Gasteiger partial charge in [0.1, 0.15) is 12.4 Å². The Morgan fingerprint density at radius 2 is 2.19 bits per heavy atom. The van der Waals surface area contributed by atoms with Gasteiger partial charge in [0.2, 0.25) is 0 Å². The van der Waals surface area contributed by atoms with Gasteiger partial charge >= 0.3 is 0 Å². The van der Waals surface area contributed by atoms with E-state index in [4.69, 9.17) is 16.3 Å². The van der Waals surface area contributed by atoms with Gasteiger partial charge in [0.05, 0.1) is 11.1 Å². The van der Waals surface area contributed by atoms with Crippen molar-refractivity contribution in [3.05, 3.63) is 40.4 Å². The third-order valence-corrected chi connectivity index (χ3v) is 2.46. The molecule has 0 amide bonds. The molecule has 1 rings (SSSR count). The van der Waals surface area contributed by atoms with Crippen LogP contribution in [0.3, 0.4) is 0 Å². The first-order valence-electron chi connectivity index (χ1n) is 5.24. The van der Waals surface area contributed by atoms with E-state index in [0.29, 0.717) is 17.4 Å². The average Bonchev–Trinajstić information content (AvgIpc) is 2.19. The topological polar surface area (TPSA) is 29.5 Å². The molecule has 0 aliphatic rings. The molecule has 0 fully saturated rings. The highest BCUT2D eigenvalue weighted by atomic mass is 35.5. The second-order valence-electron chi connectivity index (χ2n) is 3.96. The van der Waals surface area contributed by atoms with Gasteiger partial charge in [0.15, 0.2) is 0 Å². The number of rotatable bonds is 4. The molecule has 0 aromatic heterocycles. The van der Waals surface area contributed by atoms with E-state index < -0.39 is 6.10 Å². The fourth-order valence-corrected chi connectivity index (χ4v) is 1.44. The molecule has 0 aliphatic carbocycles. The lowest BCUT2D eigenvalue weighted by Crippen LogP contribution is -1.96. The number of aliphatic hydroxyl groups excluding tert-OH is 1. The second kappa shape index (κ2) is 5.92. The fraction of sp³-hybridized carbons (Fsp3) is 0.385. The van der Waals surface area contributed by atoms with Gasteiger partial charge < -0.3 is 9.84 Å². The van der Waals surface area contributed by atoms with Crippen molar-refractivity contribution in [2.24, 2.45) is 0 Å². The molecule has 3 heteroatoms. The number of benzene rings is 1. The Kier molecular flexibility index (Phi) is 4.84. The highest BCUT2D eigenvalue weighted by Crippen LogP contribution is 2.27. The zero-order valence-corrected chi connectivity index (χ0v) is 10.6. The van der Waals surface area contributed by atoms with Crippen molar-refractivity contribution in [3.63, 3.8) is 0 Å². The van der Waals surface area contributed by atoms with E-state index in [0.717, 1.165) is 5.56 Å². The standard InChI is InChI=1S/C13H17ClO2/c1-9(2)6-7-16-13-5-4-11(10(3)15)8-12(13)14/h4-6,8,10,15H,7H2,1-3H3/t10-/m1/s1. The van der Waals surface area contributed by atoms with Crippen LogP contribution in [0.15, 0.2) is 29.8 Å². The molecule has 0 bridgehead atoms. The summed E-state index contributed by atoms with van der Waals surface area (Å²) in [6.45, 7) is 6.24. The van der Waals surface area contributed by atoms with Crippen LogP contribution in [0, 0.1) is 0 Å². The third-order valence-electron chi connectivity index (χ3n) is 2.17. The summed E-state index contributed by atoms with van der Waals surface area (Å²) in [5.74, 6) is 0.642. The van der Waals surface area contributed by atoms with Gasteiger partial charge in [-0.3, -0.25) is 0 Å². The number of aliphatic hydroxyl groups is 1. The van der Waals surface area contributed by atoms with Crippen molar-refractivity contribution in [1.82, 2.24) is 0 Å². The summed E-state index contributed by atoms with van der Waals surface area (Å²) in [6.07, 6.45) is 1.48. The van der Waals surface area contributed by atoms with Crippen LogP contribution in [0.2, 0.25) is 5.02 Å². The first-order chi connectivity index (χ1) is 7.50. The van der Waals surface area contributed by atoms with Gasteiger partial charge in [-0.25, -0.2) is 0 Å². The summed E-state index contributed by atoms with van der Waals surface area (Å²) in [5.41, 5.74) is 2.00. The summed E-state index contributed by atoms with van der Waals surface area (Å²) < 4.78 is 5.49. The summed E-state index contributed by atoms with van der Waals surface area (Å²) in [6, 6.07) is 5.32. The van der Waals surface area contributed by atoms with Crippen molar-refractivity contribution in [1.29, 1.82) is 0 Å². The molecule has 1 aromatic carbocycles. The Labute approximate surface area is 102 Å². The number of allylic oxidation sites excluding steroid dienone is 1. The quantitative estimate of drug-likeness (QED) is 0.813. The SMILES string of the molecule is CC(C)=CCOc1ccc([C@@H](C)O)cc1Cl. The minimum atomic E-state index is -0.510. The molecule has 0 unspecified atom stereocenters. The molecule has 0 saturated heterocycles. The summed E-state index contributed by atoms with van der Waals surface area (Å²) in [5, 5.41) is 9.91. The molecule has 0 aliphatic heterocycles. The van der Waals surface area contributed by atoms with Crippen LogP contribution in [-0.2, 0) is 0 Å². The number of ether oxygens (including phenoxy) is 1. The maximum Gasteiger partial charge on any atom is 0.138 e. The molecule has 0 radical (unpaired) electrons. The Hall–Kier alpha value is -0.990. The van der Waals surface area contributed by atoms with E-state index in [-0.39, 0.29) is 0 Å². The Bertz CT molecular complexity index is 380. The van der Waals surface area contributed by atoms with Crippen LogP contribution in [0.1, 0.15) is 32.4 Å². The zero-order chi connectivity index (χ0) is 12.1. The van der Waals surface area contributed by atoms with Crippen molar-refractivity contribution >= 4 is 11.6 Å². The average molecular weight is 241 g/mol. The monoisotopic (exact) mass is 240 g/mol. The van der Waals surface area contributed by atoms with Gasteiger partial charge in [-0.1, -0.05) is 23.2 Å². The smallest absolute Gasteiger partial charge is 0.138 e. The van der Waals surface area contributed by atoms with Gasteiger partial charge in [0, 0.05) is 0 Å². The van der Waals surface area contributed by atoms with E-state index in [1.54, 1.807) is 19.1 Å². The maximum absolute atomic E-state index is 9.38. The summed E-state index contributed by atoms with van der Waals surface area (Å²) in [4.78, 5) is 0. The van der Waals surface area contributed by atoms with Crippen molar-refractivity contribution in [2.45, 2.75) is 26.9 Å². The first-order valence-corrected chi connectivity index (χ1v) is 5.62. The molecule has 2 nitrogen and oxygen atoms in total. The van der Waals surface area contributed by atoms with Crippen molar-refractivity contribution < 1.29 is 9.84 Å². The van der Waals surface area contributed by atoms with Gasteiger partial charge in [-0.15, -0.1) is 0 Å². The highest BCUT2D eigenvalue weighted by Gasteiger charge is 2.05. The lowest BCUT2D eigenvalue weighted by molar-refractivity contribution is 0.199. The molecule has 0 heterocycles. The van der Waals surface area contributed by atoms with E-state index >= 15 is 0 Å². The van der Waals surface area contributed by atoms with Crippen LogP contribution < -0.4 is 4.74 Å². The van der Waals surface area contributed by atoms with Gasteiger partial charge in [0.25, 0.3) is 0 Å². The number of halogens is 1. The molecule has 88 valence electrons. The normalized spacial score (nSPS) is 12.1. The minimum absolute atomic E-state index is 0.510. The Balaban J connectivity index is 2.72. The van der Waals surface area contributed by atoms with Gasteiger partial charge in [-0.05, 0) is 44.5 Å².